The molecule has 1 aromatic heterocycles. The molecule has 1 unspecified atom stereocenters. The first kappa shape index (κ1) is 20.9. The van der Waals surface area contributed by atoms with Gasteiger partial charge in [-0.3, -0.25) is 5.32 Å². The van der Waals surface area contributed by atoms with E-state index in [1.54, 1.807) is 4.57 Å². The largest absolute Gasteiger partial charge is 0.495 e. The summed E-state index contributed by atoms with van der Waals surface area (Å²) in [5.41, 5.74) is 3.85. The highest BCUT2D eigenvalue weighted by Crippen LogP contribution is 2.27. The highest BCUT2D eigenvalue weighted by molar-refractivity contribution is 5.82. The third kappa shape index (κ3) is 4.54. The molecule has 1 aromatic carbocycles. The van der Waals surface area contributed by atoms with Gasteiger partial charge in [0.25, 0.3) is 0 Å². The molecular weight excluding hydrogens is 386 g/mol. The van der Waals surface area contributed by atoms with Gasteiger partial charge in [-0.05, 0) is 55.7 Å². The number of hydrogen-bond donors (Lipinski definition) is 1. The molecule has 2 atom stereocenters. The molecule has 4 rings (SSSR count). The molecule has 1 N–H and O–H groups in total. The van der Waals surface area contributed by atoms with E-state index in [1.165, 1.54) is 0 Å². The van der Waals surface area contributed by atoms with E-state index < -0.39 is 0 Å². The lowest BCUT2D eigenvalue weighted by molar-refractivity contribution is -0.553. The van der Waals surface area contributed by atoms with E-state index in [0.717, 1.165) is 46.9 Å². The van der Waals surface area contributed by atoms with Crippen LogP contribution >= 0.6 is 0 Å². The molecule has 31 heavy (non-hydrogen) atoms. The fraction of sp³-hybridized carbons (Fsp3) is 0.346. The molecule has 0 saturated carbocycles. The lowest BCUT2D eigenvalue weighted by Gasteiger charge is -2.09. The van der Waals surface area contributed by atoms with Crippen molar-refractivity contribution in [1.29, 1.82) is 0 Å². The van der Waals surface area contributed by atoms with Crippen molar-refractivity contribution >= 4 is 17.3 Å². The summed E-state index contributed by atoms with van der Waals surface area (Å²) >= 11 is 0. The first-order valence-electron chi connectivity index (χ1n) is 10.9. The van der Waals surface area contributed by atoms with Crippen LogP contribution < -0.4 is 9.88 Å². The second-order valence-corrected chi connectivity index (χ2v) is 7.95. The van der Waals surface area contributed by atoms with Gasteiger partial charge in [-0.1, -0.05) is 37.3 Å². The molecule has 0 bridgehead atoms. The molecule has 5 nitrogen and oxygen atoms in total. The van der Waals surface area contributed by atoms with Crippen LogP contribution in [0.5, 0.6) is 0 Å². The zero-order valence-corrected chi connectivity index (χ0v) is 18.3. The van der Waals surface area contributed by atoms with Crippen LogP contribution in [0.25, 0.3) is 5.57 Å². The summed E-state index contributed by atoms with van der Waals surface area (Å²) in [5, 5.41) is 3.42. The number of aromatic nitrogens is 2. The Balaban J connectivity index is 1.71. The van der Waals surface area contributed by atoms with Gasteiger partial charge < -0.3 is 4.74 Å². The lowest BCUT2D eigenvalue weighted by atomic mass is 10.1. The van der Waals surface area contributed by atoms with Crippen LogP contribution in [0.1, 0.15) is 61.8 Å². The Morgan fingerprint density at radius 3 is 2.97 bits per heavy atom. The second kappa shape index (κ2) is 9.18. The predicted octanol–water partition coefficient (Wildman–Crippen LogP) is 4.45. The van der Waals surface area contributed by atoms with Gasteiger partial charge >= 0.3 is 11.7 Å². The number of nitrogens with zero attached hydrogens (tertiary/aromatic N) is 2. The highest BCUT2D eigenvalue weighted by Gasteiger charge is 2.42. The van der Waals surface area contributed by atoms with Crippen LogP contribution in [-0.2, 0) is 11.2 Å². The zero-order chi connectivity index (χ0) is 21.8. The van der Waals surface area contributed by atoms with Gasteiger partial charge in [-0.15, -0.1) is 0 Å². The minimum absolute atomic E-state index is 0.0263. The Hall–Kier alpha value is -3.39. The van der Waals surface area contributed by atoms with Gasteiger partial charge in [0.15, 0.2) is 0 Å². The average Bonchev–Trinajstić information content (AvgIpc) is 3.33. The van der Waals surface area contributed by atoms with Crippen LogP contribution in [0, 0.1) is 12.1 Å². The summed E-state index contributed by atoms with van der Waals surface area (Å²) in [5.74, 6) is 1.68. The van der Waals surface area contributed by atoms with Crippen LogP contribution in [0.4, 0.5) is 5.82 Å². The van der Waals surface area contributed by atoms with E-state index in [-0.39, 0.29) is 18.1 Å². The Bertz CT molecular complexity index is 1050. The van der Waals surface area contributed by atoms with E-state index in [0.29, 0.717) is 12.8 Å². The van der Waals surface area contributed by atoms with Gasteiger partial charge in [0, 0.05) is 12.8 Å². The summed E-state index contributed by atoms with van der Waals surface area (Å²) in [6, 6.07) is 11.3. The number of carbonyl (C=O) groups is 1. The monoisotopic (exact) mass is 414 g/mol. The molecule has 0 radical (unpaired) electrons. The highest BCUT2D eigenvalue weighted by atomic mass is 16.5. The number of carbonyl (C=O) groups excluding carboxylic acids is 1. The lowest BCUT2D eigenvalue weighted by Crippen LogP contribution is -2.43. The van der Waals surface area contributed by atoms with Crippen molar-refractivity contribution in [2.75, 3.05) is 5.32 Å². The molecule has 2 aliphatic rings. The molecule has 0 aliphatic carbocycles. The minimum atomic E-state index is -0.354. The number of fused-ring (bicyclic) bond motifs is 1. The predicted molar refractivity (Wildman–Crippen MR) is 120 cm³/mol. The molecule has 0 fully saturated rings. The quantitative estimate of drug-likeness (QED) is 0.537. The van der Waals surface area contributed by atoms with E-state index in [4.69, 9.17) is 9.72 Å². The maximum absolute atomic E-state index is 13.3. The number of ether oxygens (including phenoxy) is 1. The zero-order valence-electron chi connectivity index (χ0n) is 18.3. The molecule has 2 aliphatic heterocycles. The standard InChI is InChI=1S/C26H27N3O2/c1-4-6-12-20(5-2)24-17-29-25(22(27-24)15-19-10-8-7-9-11-19)28-23(26(29)30)16-21-14-13-18(3)31-21/h4,6,8,10-12,14,17-18,23H,5,13,15-16H2,1-3H3/p+1/b6-4-,20-12+/t18-,23?/m1/s1. The van der Waals surface area contributed by atoms with Crippen LogP contribution in [0.15, 0.2) is 54.5 Å². The van der Waals surface area contributed by atoms with Gasteiger partial charge in [-0.2, -0.15) is 4.57 Å². The van der Waals surface area contributed by atoms with E-state index in [2.05, 4.69) is 36.5 Å². The molecule has 0 saturated heterocycles. The number of anilines is 1. The fourth-order valence-electron chi connectivity index (χ4n) is 3.95. The average molecular weight is 415 g/mol. The first-order valence-corrected chi connectivity index (χ1v) is 10.9. The van der Waals surface area contributed by atoms with E-state index in [9.17, 15) is 4.79 Å². The number of rotatable bonds is 7. The Morgan fingerprint density at radius 2 is 2.29 bits per heavy atom. The van der Waals surface area contributed by atoms with Crippen molar-refractivity contribution in [3.05, 3.63) is 83.5 Å². The molecule has 0 spiro atoms. The van der Waals surface area contributed by atoms with E-state index >= 15 is 0 Å². The maximum Gasteiger partial charge on any atom is 0.359 e. The van der Waals surface area contributed by atoms with Crippen molar-refractivity contribution in [3.8, 4) is 0 Å². The third-order valence-electron chi connectivity index (χ3n) is 5.60. The molecular formula is C26H28N3O2+. The minimum Gasteiger partial charge on any atom is -0.495 e. The second-order valence-electron chi connectivity index (χ2n) is 7.95. The van der Waals surface area contributed by atoms with E-state index in [1.807, 2.05) is 50.4 Å². The Kier molecular flexibility index (Phi) is 6.18. The SMILES string of the molecule is C/C=C\C=C(/CC)c1c[n+]2c(c(Cc3cc#ccc3)n1)NC(CC1=CC[C@@H](C)O1)C2=O. The maximum atomic E-state index is 13.3. The smallest absolute Gasteiger partial charge is 0.359 e. The normalized spacial score (nSPS) is 20.3. The summed E-state index contributed by atoms with van der Waals surface area (Å²) in [6.45, 7) is 6.13. The summed E-state index contributed by atoms with van der Waals surface area (Å²) in [4.78, 5) is 18.3. The Morgan fingerprint density at radius 1 is 1.42 bits per heavy atom. The van der Waals surface area contributed by atoms with Crippen molar-refractivity contribution in [2.45, 2.75) is 58.6 Å². The Labute approximate surface area is 184 Å². The number of hydrogen-bond acceptors (Lipinski definition) is 4. The van der Waals surface area contributed by atoms with Crippen molar-refractivity contribution in [2.24, 2.45) is 0 Å². The number of allylic oxidation sites excluding steroid dienone is 4. The molecule has 3 heterocycles. The molecule has 0 amide bonds. The van der Waals surface area contributed by atoms with Crippen LogP contribution in [-0.4, -0.2) is 23.0 Å². The summed E-state index contributed by atoms with van der Waals surface area (Å²) in [6.07, 6.45) is 13.1. The third-order valence-corrected chi connectivity index (χ3v) is 5.60. The topological polar surface area (TPSA) is 55.1 Å². The molecule has 158 valence electrons. The van der Waals surface area contributed by atoms with Gasteiger partial charge in [0.2, 0.25) is 6.04 Å². The van der Waals surface area contributed by atoms with Gasteiger partial charge in [0.05, 0.1) is 18.3 Å². The van der Waals surface area contributed by atoms with Crippen molar-refractivity contribution < 1.29 is 14.1 Å². The van der Waals surface area contributed by atoms with Gasteiger partial charge in [-0.25, -0.2) is 9.78 Å². The van der Waals surface area contributed by atoms with Crippen molar-refractivity contribution in [3.63, 3.8) is 0 Å². The summed E-state index contributed by atoms with van der Waals surface area (Å²) in [7, 11) is 0. The first-order chi connectivity index (χ1) is 15.1. The van der Waals surface area contributed by atoms with Gasteiger partial charge in [0.1, 0.15) is 17.6 Å². The molecule has 5 heteroatoms. The van der Waals surface area contributed by atoms with Crippen LogP contribution in [0.3, 0.4) is 0 Å². The fourth-order valence-corrected chi connectivity index (χ4v) is 3.95. The molecule has 2 aromatic rings. The van der Waals surface area contributed by atoms with Crippen molar-refractivity contribution in [1.82, 2.24) is 4.98 Å². The summed E-state index contributed by atoms with van der Waals surface area (Å²) < 4.78 is 7.57. The number of nitrogens with one attached hydrogen (secondary N) is 1. The van der Waals surface area contributed by atoms with Crippen LogP contribution in [0.2, 0.25) is 0 Å².